The Morgan fingerprint density at radius 3 is 2.26 bits per heavy atom. The van der Waals surface area contributed by atoms with E-state index in [-0.39, 0.29) is 4.90 Å². The molecule has 0 bridgehead atoms. The predicted octanol–water partition coefficient (Wildman–Crippen LogP) is 2.48. The molecule has 0 amide bonds. The van der Waals surface area contributed by atoms with Gasteiger partial charge in [-0.1, -0.05) is 11.6 Å². The summed E-state index contributed by atoms with van der Waals surface area (Å²) in [7, 11) is -4.08. The summed E-state index contributed by atoms with van der Waals surface area (Å²) in [5.41, 5.74) is -0.396. The van der Waals surface area contributed by atoms with Crippen molar-refractivity contribution in [3.05, 3.63) is 59.2 Å². The molecule has 2 N–H and O–H groups in total. The number of hydrogen-bond acceptors (Lipinski definition) is 6. The zero-order valence-corrected chi connectivity index (χ0v) is 12.8. The Bertz CT molecular complexity index is 891. The van der Waals surface area contributed by atoms with Crippen LogP contribution in [0.25, 0.3) is 0 Å². The minimum absolute atomic E-state index is 0.121. The fourth-order valence-corrected chi connectivity index (χ4v) is 3.17. The molecule has 2 rings (SSSR count). The number of rotatable bonds is 5. The van der Waals surface area contributed by atoms with Gasteiger partial charge in [-0.25, -0.2) is 13.2 Å². The van der Waals surface area contributed by atoms with Crippen LogP contribution in [0.5, 0.6) is 0 Å². The Labute approximate surface area is 135 Å². The van der Waals surface area contributed by atoms with E-state index in [1.54, 1.807) is 0 Å². The van der Waals surface area contributed by atoms with Gasteiger partial charge in [-0.05, 0) is 24.3 Å². The van der Waals surface area contributed by atoms with Crippen LogP contribution in [-0.4, -0.2) is 30.4 Å². The van der Waals surface area contributed by atoms with E-state index in [0.717, 1.165) is 12.5 Å². The number of aliphatic hydroxyl groups is 1. The Balaban J connectivity index is 2.49. The third-order valence-corrected chi connectivity index (χ3v) is 4.83. The molecular weight excluding hydrogens is 348 g/mol. The highest BCUT2D eigenvalue weighted by Crippen LogP contribution is 2.26. The third-order valence-electron chi connectivity index (χ3n) is 2.79. The lowest BCUT2D eigenvalue weighted by molar-refractivity contribution is -0.135. The van der Waals surface area contributed by atoms with E-state index in [1.165, 1.54) is 24.3 Å². The van der Waals surface area contributed by atoms with Gasteiger partial charge in [-0.3, -0.25) is 4.79 Å². The molecule has 0 unspecified atom stereocenters. The number of aliphatic carboxylic acids is 1. The van der Waals surface area contributed by atoms with Crippen molar-refractivity contribution < 1.29 is 32.6 Å². The second kappa shape index (κ2) is 6.27. The molecule has 0 aliphatic heterocycles. The molecule has 23 heavy (non-hydrogen) atoms. The average Bonchev–Trinajstić information content (AvgIpc) is 2.97. The van der Waals surface area contributed by atoms with Crippen molar-refractivity contribution in [3.63, 3.8) is 0 Å². The van der Waals surface area contributed by atoms with Crippen LogP contribution in [-0.2, 0) is 14.6 Å². The number of furan rings is 1. The second-order valence-corrected chi connectivity index (χ2v) is 6.66. The van der Waals surface area contributed by atoms with Crippen LogP contribution >= 0.6 is 11.6 Å². The molecule has 0 saturated carbocycles. The number of carbonyl (C=O) groups is 2. The number of carboxylic acids is 1. The fraction of sp³-hybridized carbons (Fsp3) is 0. The zero-order chi connectivity index (χ0) is 17.2. The lowest BCUT2D eigenvalue weighted by Gasteiger charge is -2.04. The number of ketones is 1. The van der Waals surface area contributed by atoms with Crippen molar-refractivity contribution in [3.8, 4) is 0 Å². The summed E-state index contributed by atoms with van der Waals surface area (Å²) in [5.74, 6) is -3.96. The van der Waals surface area contributed by atoms with Gasteiger partial charge in [-0.15, -0.1) is 0 Å². The minimum atomic E-state index is -4.08. The minimum Gasteiger partial charge on any atom is -0.502 e. The van der Waals surface area contributed by atoms with Gasteiger partial charge in [0.2, 0.25) is 15.6 Å². The summed E-state index contributed by atoms with van der Waals surface area (Å²) in [6.07, 6.45) is 2.10. The molecule has 1 aromatic carbocycles. The van der Waals surface area contributed by atoms with E-state index in [4.69, 9.17) is 26.2 Å². The number of sulfone groups is 1. The van der Waals surface area contributed by atoms with Crippen molar-refractivity contribution in [1.82, 2.24) is 0 Å². The van der Waals surface area contributed by atoms with E-state index in [1.807, 2.05) is 0 Å². The van der Waals surface area contributed by atoms with Gasteiger partial charge in [0.05, 0.1) is 10.5 Å². The number of carboxylic acid groups (broad SMARTS) is 1. The number of carbonyl (C=O) groups excluding carboxylic acids is 1. The number of aliphatic hydroxyl groups excluding tert-OH is 1. The summed E-state index contributed by atoms with van der Waals surface area (Å²) >= 11 is 5.70. The molecular formula is C14H9ClO7S. The molecule has 0 spiro atoms. The maximum Gasteiger partial charge on any atom is 0.371 e. The highest BCUT2D eigenvalue weighted by Gasteiger charge is 2.26. The molecule has 1 heterocycles. The number of halogens is 1. The maximum atomic E-state index is 12.5. The van der Waals surface area contributed by atoms with Crippen molar-refractivity contribution in [2.75, 3.05) is 0 Å². The van der Waals surface area contributed by atoms with Gasteiger partial charge in [0.25, 0.3) is 0 Å². The first-order valence-corrected chi connectivity index (χ1v) is 7.84. The first-order chi connectivity index (χ1) is 10.7. The highest BCUT2D eigenvalue weighted by molar-refractivity contribution is 7.91. The van der Waals surface area contributed by atoms with Crippen LogP contribution in [0.4, 0.5) is 0 Å². The molecule has 0 aliphatic carbocycles. The van der Waals surface area contributed by atoms with Gasteiger partial charge in [0.1, 0.15) is 17.4 Å². The zero-order valence-electron chi connectivity index (χ0n) is 11.3. The third kappa shape index (κ3) is 3.43. The summed E-state index contributed by atoms with van der Waals surface area (Å²) in [5, 5.41) is 18.0. The topological polar surface area (TPSA) is 122 Å². The Kier molecular flexibility index (Phi) is 4.57. The van der Waals surface area contributed by atoms with Crippen molar-refractivity contribution in [2.24, 2.45) is 0 Å². The van der Waals surface area contributed by atoms with Crippen LogP contribution in [0, 0.1) is 0 Å². The van der Waals surface area contributed by atoms with E-state index in [0.29, 0.717) is 11.1 Å². The SMILES string of the molecule is O=C(O)/C(O)=C/C(=O)c1cocc1S(=O)(=O)c1ccc(Cl)cc1. The average molecular weight is 357 g/mol. The van der Waals surface area contributed by atoms with Crippen molar-refractivity contribution in [1.29, 1.82) is 0 Å². The summed E-state index contributed by atoms with van der Waals surface area (Å²) in [4.78, 5) is 21.9. The lowest BCUT2D eigenvalue weighted by atomic mass is 10.2. The number of benzene rings is 1. The van der Waals surface area contributed by atoms with Crippen LogP contribution in [0.15, 0.2) is 62.8 Å². The number of hydrogen-bond donors (Lipinski definition) is 2. The first-order valence-electron chi connectivity index (χ1n) is 5.98. The van der Waals surface area contributed by atoms with E-state index < -0.39 is 37.8 Å². The molecule has 7 nitrogen and oxygen atoms in total. The van der Waals surface area contributed by atoms with Gasteiger partial charge in [0.15, 0.2) is 5.78 Å². The Morgan fingerprint density at radius 1 is 1.09 bits per heavy atom. The quantitative estimate of drug-likeness (QED) is 0.479. The van der Waals surface area contributed by atoms with Crippen LogP contribution in [0.1, 0.15) is 10.4 Å². The standard InChI is InChI=1S/C14H9ClO7S/c15-8-1-3-9(4-2-8)23(20,21)13-7-22-6-10(13)11(16)5-12(17)14(18)19/h1-7,17H,(H,18,19)/b12-5-. The highest BCUT2D eigenvalue weighted by atomic mass is 35.5. The molecule has 0 fully saturated rings. The maximum absolute atomic E-state index is 12.5. The Morgan fingerprint density at radius 2 is 1.70 bits per heavy atom. The molecule has 0 aliphatic rings. The van der Waals surface area contributed by atoms with E-state index >= 15 is 0 Å². The smallest absolute Gasteiger partial charge is 0.371 e. The largest absolute Gasteiger partial charge is 0.502 e. The summed E-state index contributed by atoms with van der Waals surface area (Å²) < 4.78 is 29.7. The van der Waals surface area contributed by atoms with Gasteiger partial charge in [0, 0.05) is 11.1 Å². The molecule has 0 saturated heterocycles. The molecule has 9 heteroatoms. The molecule has 1 aromatic heterocycles. The van der Waals surface area contributed by atoms with Gasteiger partial charge in [-0.2, -0.15) is 0 Å². The van der Waals surface area contributed by atoms with Crippen LogP contribution in [0.3, 0.4) is 0 Å². The van der Waals surface area contributed by atoms with E-state index in [9.17, 15) is 18.0 Å². The molecule has 0 atom stereocenters. The van der Waals surface area contributed by atoms with Crippen molar-refractivity contribution in [2.45, 2.75) is 9.79 Å². The van der Waals surface area contributed by atoms with Crippen LogP contribution < -0.4 is 0 Å². The number of allylic oxidation sites excluding steroid dienone is 1. The first kappa shape index (κ1) is 16.8. The lowest BCUT2D eigenvalue weighted by Crippen LogP contribution is -2.08. The molecule has 120 valence electrons. The van der Waals surface area contributed by atoms with Crippen molar-refractivity contribution >= 4 is 33.2 Å². The molecule has 0 radical (unpaired) electrons. The van der Waals surface area contributed by atoms with E-state index in [2.05, 4.69) is 0 Å². The molecule has 2 aromatic rings. The van der Waals surface area contributed by atoms with Crippen LogP contribution in [0.2, 0.25) is 5.02 Å². The Hall–Kier alpha value is -2.58. The summed E-state index contributed by atoms with van der Waals surface area (Å²) in [6.45, 7) is 0. The predicted molar refractivity (Wildman–Crippen MR) is 78.3 cm³/mol. The second-order valence-electron chi connectivity index (χ2n) is 4.31. The fourth-order valence-electron chi connectivity index (χ4n) is 1.68. The monoisotopic (exact) mass is 356 g/mol. The van der Waals surface area contributed by atoms with Gasteiger partial charge < -0.3 is 14.6 Å². The normalized spacial score (nSPS) is 12.1. The summed E-state index contributed by atoms with van der Waals surface area (Å²) in [6, 6.07) is 5.24. The van der Waals surface area contributed by atoms with Gasteiger partial charge >= 0.3 is 5.97 Å².